The number of carbonyl (C=O) groups is 10. The van der Waals surface area contributed by atoms with Crippen LogP contribution >= 0.6 is 0 Å². The molecule has 346 valence electrons. The molecule has 18 heteroatoms. The first-order valence-electron chi connectivity index (χ1n) is 20.8. The number of benzene rings is 4. The minimum absolute atomic E-state index is 0.0883. The van der Waals surface area contributed by atoms with Crippen molar-refractivity contribution in [3.05, 3.63) is 131 Å². The third-order valence-electron chi connectivity index (χ3n) is 10.1. The molecule has 0 saturated carbocycles. The van der Waals surface area contributed by atoms with Gasteiger partial charge in [-0.1, -0.05) is 113 Å². The summed E-state index contributed by atoms with van der Waals surface area (Å²) in [5.74, 6) is -11.6. The number of esters is 2. The standard InChI is InChI=1S/C48H52N6O12/c1-27(2)37(41(57)51-35(47(63)65-5)25-29-17-9-7-10-18-29)53-43(59)39(55)31-21-13-15-23-33(31)49-45(61)46(62)50-34-24-16-14-22-32(34)40(56)44(60)54-38(28(3)4)42(58)52-36(48(64)66-6)26-30-19-11-8-12-20-30/h7-24,27-28,35-38H,25-26H2,1-6H3,(H,49,61)(H,50,62)(H,51,57)(H,52,58)(H,53,59)(H,54,60)/t35-,36-,37-,38-/m0/s1. The van der Waals surface area contributed by atoms with Crippen molar-refractivity contribution in [2.75, 3.05) is 24.9 Å². The molecular formula is C48H52N6O12. The number of ether oxygens (including phenoxy) is 2. The SMILES string of the molecule is COC(=O)[C@H](Cc1ccccc1)NC(=O)[C@@H](NC(=O)C(=O)c1ccccc1NC(=O)C(=O)Nc1ccccc1C(=O)C(=O)N[C@H](C(=O)N[C@@H](Cc1ccccc1)C(=O)OC)C(C)C)C(C)C. The van der Waals surface area contributed by atoms with Gasteiger partial charge in [0, 0.05) is 12.8 Å². The van der Waals surface area contributed by atoms with Gasteiger partial charge in [-0.15, -0.1) is 0 Å². The molecule has 4 aromatic rings. The highest BCUT2D eigenvalue weighted by Crippen LogP contribution is 2.20. The minimum atomic E-state index is -1.33. The molecule has 66 heavy (non-hydrogen) atoms. The number of rotatable bonds is 20. The molecule has 4 aromatic carbocycles. The second-order valence-electron chi connectivity index (χ2n) is 15.6. The van der Waals surface area contributed by atoms with Crippen LogP contribution in [0.5, 0.6) is 0 Å². The van der Waals surface area contributed by atoms with Crippen LogP contribution < -0.4 is 31.9 Å². The van der Waals surface area contributed by atoms with Crippen molar-refractivity contribution in [1.29, 1.82) is 0 Å². The number of hydrogen-bond acceptors (Lipinski definition) is 12. The Kier molecular flexibility index (Phi) is 18.5. The average Bonchev–Trinajstić information content (AvgIpc) is 3.31. The highest BCUT2D eigenvalue weighted by molar-refractivity contribution is 6.48. The highest BCUT2D eigenvalue weighted by Gasteiger charge is 2.34. The van der Waals surface area contributed by atoms with E-state index in [-0.39, 0.29) is 35.3 Å². The van der Waals surface area contributed by atoms with Gasteiger partial charge in [-0.3, -0.25) is 38.4 Å². The first-order valence-corrected chi connectivity index (χ1v) is 20.8. The molecule has 4 atom stereocenters. The summed E-state index contributed by atoms with van der Waals surface area (Å²) in [6.45, 7) is 6.46. The Balaban J connectivity index is 1.43. The van der Waals surface area contributed by atoms with E-state index in [1.54, 1.807) is 88.4 Å². The zero-order chi connectivity index (χ0) is 48.5. The van der Waals surface area contributed by atoms with E-state index in [9.17, 15) is 47.9 Å². The van der Waals surface area contributed by atoms with Crippen molar-refractivity contribution >= 4 is 70.3 Å². The smallest absolute Gasteiger partial charge is 0.328 e. The highest BCUT2D eigenvalue weighted by atomic mass is 16.5. The van der Waals surface area contributed by atoms with Crippen LogP contribution in [0.4, 0.5) is 11.4 Å². The Labute approximate surface area is 381 Å². The fourth-order valence-electron chi connectivity index (χ4n) is 6.56. The van der Waals surface area contributed by atoms with Crippen molar-refractivity contribution in [2.45, 2.75) is 64.7 Å². The molecule has 0 bridgehead atoms. The van der Waals surface area contributed by atoms with E-state index in [1.165, 1.54) is 62.8 Å². The first kappa shape index (κ1) is 50.6. The minimum Gasteiger partial charge on any atom is -0.467 e. The fraction of sp³-hybridized carbons (Fsp3) is 0.292. The summed E-state index contributed by atoms with van der Waals surface area (Å²) in [5, 5.41) is 14.5. The molecule has 18 nitrogen and oxygen atoms in total. The number of methoxy groups -OCH3 is 2. The third kappa shape index (κ3) is 14.0. The molecule has 4 rings (SSSR count). The Bertz CT molecular complexity index is 2270. The van der Waals surface area contributed by atoms with Crippen LogP contribution in [0, 0.1) is 11.8 Å². The molecule has 6 amide bonds. The maximum absolute atomic E-state index is 13.5. The summed E-state index contributed by atoms with van der Waals surface area (Å²) < 4.78 is 9.74. The lowest BCUT2D eigenvalue weighted by Gasteiger charge is -2.24. The number of nitrogens with one attached hydrogen (secondary N) is 6. The lowest BCUT2D eigenvalue weighted by molar-refractivity contribution is -0.145. The van der Waals surface area contributed by atoms with Gasteiger partial charge in [-0.2, -0.15) is 0 Å². The van der Waals surface area contributed by atoms with E-state index in [1.807, 2.05) is 0 Å². The van der Waals surface area contributed by atoms with Gasteiger partial charge < -0.3 is 41.4 Å². The first-order chi connectivity index (χ1) is 31.4. The normalized spacial score (nSPS) is 12.5. The number of ketones is 2. The van der Waals surface area contributed by atoms with E-state index in [4.69, 9.17) is 9.47 Å². The lowest BCUT2D eigenvalue weighted by atomic mass is 10.0. The lowest BCUT2D eigenvalue weighted by Crippen LogP contribution is -2.55. The molecule has 0 unspecified atom stereocenters. The zero-order valence-electron chi connectivity index (χ0n) is 37.2. The van der Waals surface area contributed by atoms with Gasteiger partial charge in [0.15, 0.2) is 0 Å². The van der Waals surface area contributed by atoms with E-state index in [0.717, 1.165) is 11.1 Å². The molecule has 0 aliphatic rings. The molecule has 0 aliphatic carbocycles. The molecule has 0 spiro atoms. The van der Waals surface area contributed by atoms with Gasteiger partial charge in [0.05, 0.1) is 36.7 Å². The number of amides is 6. The summed E-state index contributed by atoms with van der Waals surface area (Å²) in [5.41, 5.74) is 0.267. The maximum Gasteiger partial charge on any atom is 0.328 e. The average molecular weight is 905 g/mol. The molecule has 0 radical (unpaired) electrons. The quantitative estimate of drug-likeness (QED) is 0.0425. The number of hydrogen-bond donors (Lipinski definition) is 6. The summed E-state index contributed by atoms with van der Waals surface area (Å²) in [6.07, 6.45) is 0.177. The van der Waals surface area contributed by atoms with Crippen molar-refractivity contribution in [3.8, 4) is 0 Å². The second kappa shape index (κ2) is 24.2. The van der Waals surface area contributed by atoms with Crippen molar-refractivity contribution in [3.63, 3.8) is 0 Å². The van der Waals surface area contributed by atoms with Crippen LogP contribution in [-0.2, 0) is 60.7 Å². The second-order valence-corrected chi connectivity index (χ2v) is 15.6. The van der Waals surface area contributed by atoms with Crippen molar-refractivity contribution in [2.24, 2.45) is 11.8 Å². The largest absolute Gasteiger partial charge is 0.467 e. The van der Waals surface area contributed by atoms with Crippen LogP contribution in [0.3, 0.4) is 0 Å². The number of anilines is 2. The van der Waals surface area contributed by atoms with Crippen molar-refractivity contribution in [1.82, 2.24) is 21.3 Å². The van der Waals surface area contributed by atoms with Crippen LogP contribution in [0.25, 0.3) is 0 Å². The molecule has 0 heterocycles. The Morgan fingerprint density at radius 3 is 1.06 bits per heavy atom. The number of Topliss-reactive ketones (excluding diaryl/α,β-unsaturated/α-hetero) is 2. The Hall–Kier alpha value is -8.02. The van der Waals surface area contributed by atoms with E-state index < -0.39 is 95.0 Å². The van der Waals surface area contributed by atoms with Crippen LogP contribution in [-0.4, -0.2) is 97.3 Å². The Morgan fingerprint density at radius 2 is 0.742 bits per heavy atom. The Morgan fingerprint density at radius 1 is 0.424 bits per heavy atom. The topological polar surface area (TPSA) is 261 Å². The van der Waals surface area contributed by atoms with Gasteiger partial charge in [0.25, 0.3) is 23.4 Å². The number of para-hydroxylation sites is 2. The monoisotopic (exact) mass is 904 g/mol. The summed E-state index contributed by atoms with van der Waals surface area (Å²) in [7, 11) is 2.34. The van der Waals surface area contributed by atoms with Gasteiger partial charge >= 0.3 is 23.8 Å². The molecule has 6 N–H and O–H groups in total. The molecular weight excluding hydrogens is 853 g/mol. The van der Waals surface area contributed by atoms with Gasteiger partial charge in [-0.05, 0) is 47.2 Å². The summed E-state index contributed by atoms with van der Waals surface area (Å²) in [4.78, 5) is 132. The molecule has 0 saturated heterocycles. The molecule has 0 aliphatic heterocycles. The van der Waals surface area contributed by atoms with Crippen molar-refractivity contribution < 1.29 is 57.4 Å². The summed E-state index contributed by atoms with van der Waals surface area (Å²) >= 11 is 0. The van der Waals surface area contributed by atoms with Gasteiger partial charge in [-0.25, -0.2) is 9.59 Å². The predicted molar refractivity (Wildman–Crippen MR) is 241 cm³/mol. The third-order valence-corrected chi connectivity index (χ3v) is 10.1. The van der Waals surface area contributed by atoms with Gasteiger partial charge in [0.1, 0.15) is 24.2 Å². The van der Waals surface area contributed by atoms with Crippen LogP contribution in [0.2, 0.25) is 0 Å². The zero-order valence-corrected chi connectivity index (χ0v) is 37.2. The maximum atomic E-state index is 13.5. The molecule has 0 aromatic heterocycles. The fourth-order valence-corrected chi connectivity index (χ4v) is 6.56. The number of carbonyl (C=O) groups excluding carboxylic acids is 10. The van der Waals surface area contributed by atoms with Crippen LogP contribution in [0.15, 0.2) is 109 Å². The van der Waals surface area contributed by atoms with Gasteiger partial charge in [0.2, 0.25) is 11.8 Å². The molecule has 0 fully saturated rings. The summed E-state index contributed by atoms with van der Waals surface area (Å²) in [6, 6.07) is 23.4. The van der Waals surface area contributed by atoms with E-state index >= 15 is 0 Å². The predicted octanol–water partition coefficient (Wildman–Crippen LogP) is 2.71. The van der Waals surface area contributed by atoms with E-state index in [2.05, 4.69) is 31.9 Å². The van der Waals surface area contributed by atoms with E-state index in [0.29, 0.717) is 0 Å². The van der Waals surface area contributed by atoms with Crippen LogP contribution in [0.1, 0.15) is 59.5 Å².